The molecule has 1 rings (SSSR count). The fourth-order valence-corrected chi connectivity index (χ4v) is 3.73. The molecule has 0 unspecified atom stereocenters. The van der Waals surface area contributed by atoms with Gasteiger partial charge in [-0.3, -0.25) is 9.80 Å². The number of hydrazine groups is 1. The summed E-state index contributed by atoms with van der Waals surface area (Å²) in [5.74, 6) is 0.0530. The lowest BCUT2D eigenvalue weighted by Gasteiger charge is -2.25. The molecule has 1 fully saturated rings. The first-order valence-electron chi connectivity index (χ1n) is 10.4. The average molecular weight is 340 g/mol. The third-order valence-corrected chi connectivity index (χ3v) is 5.58. The van der Waals surface area contributed by atoms with Crippen LogP contribution in [-0.4, -0.2) is 42.1 Å². The number of carbonyl (C=O) groups is 1. The van der Waals surface area contributed by atoms with Gasteiger partial charge in [-0.1, -0.05) is 90.4 Å². The molecule has 2 N–H and O–H groups in total. The van der Waals surface area contributed by atoms with Crippen LogP contribution in [0.4, 0.5) is 0 Å². The maximum absolute atomic E-state index is 11.8. The Kier molecular flexibility index (Phi) is 11.4. The van der Waals surface area contributed by atoms with Crippen molar-refractivity contribution in [3.05, 3.63) is 0 Å². The lowest BCUT2D eigenvalue weighted by Crippen LogP contribution is -2.39. The van der Waals surface area contributed by atoms with E-state index in [4.69, 9.17) is 5.73 Å². The topological polar surface area (TPSA) is 49.6 Å². The molecule has 2 atom stereocenters. The van der Waals surface area contributed by atoms with Crippen molar-refractivity contribution in [1.29, 1.82) is 0 Å². The highest BCUT2D eigenvalue weighted by Crippen LogP contribution is 2.21. The minimum atomic E-state index is -0.336. The van der Waals surface area contributed by atoms with E-state index in [1.807, 2.05) is 19.1 Å². The standard InChI is InChI=1S/C20H41N3O/c1-4-5-6-7-8-9-10-11-12-13-14-15-16-17-18-19(21)20(24)23(3)22(18)2/h18-19H,4-17,21H2,1-3H3/t18-,19-/m0/s1. The number of hydrogen-bond donors (Lipinski definition) is 1. The number of likely N-dealkylation sites (N-methyl/N-ethyl adjacent to an activating group) is 2. The highest BCUT2D eigenvalue weighted by Gasteiger charge is 2.39. The molecule has 1 saturated heterocycles. The number of rotatable bonds is 14. The molecule has 24 heavy (non-hydrogen) atoms. The van der Waals surface area contributed by atoms with E-state index in [-0.39, 0.29) is 18.0 Å². The second kappa shape index (κ2) is 12.7. The number of nitrogens with two attached hydrogens (primary N) is 1. The van der Waals surface area contributed by atoms with Gasteiger partial charge < -0.3 is 5.73 Å². The Balaban J connectivity index is 1.88. The highest BCUT2D eigenvalue weighted by atomic mass is 16.2. The smallest absolute Gasteiger partial charge is 0.255 e. The summed E-state index contributed by atoms with van der Waals surface area (Å²) in [5, 5.41) is 3.67. The molecule has 1 heterocycles. The Morgan fingerprint density at radius 1 is 0.792 bits per heavy atom. The predicted octanol–water partition coefficient (Wildman–Crippen LogP) is 4.48. The molecule has 4 nitrogen and oxygen atoms in total. The fraction of sp³-hybridized carbons (Fsp3) is 0.950. The summed E-state index contributed by atoms with van der Waals surface area (Å²) in [6.07, 6.45) is 18.9. The molecule has 0 aromatic heterocycles. The molecule has 0 radical (unpaired) electrons. The average Bonchev–Trinajstić information content (AvgIpc) is 2.76. The second-order valence-electron chi connectivity index (χ2n) is 7.56. The van der Waals surface area contributed by atoms with E-state index < -0.39 is 0 Å². The molecule has 0 aromatic rings. The van der Waals surface area contributed by atoms with Crippen LogP contribution in [0.15, 0.2) is 0 Å². The van der Waals surface area contributed by atoms with Crippen molar-refractivity contribution < 1.29 is 4.79 Å². The van der Waals surface area contributed by atoms with Crippen LogP contribution in [0.1, 0.15) is 96.8 Å². The lowest BCUT2D eigenvalue weighted by atomic mass is 10.0. The first kappa shape index (κ1) is 21.4. The van der Waals surface area contributed by atoms with Gasteiger partial charge in [-0.15, -0.1) is 0 Å². The molecule has 1 aliphatic rings. The van der Waals surface area contributed by atoms with E-state index in [2.05, 4.69) is 6.92 Å². The van der Waals surface area contributed by atoms with Crippen LogP contribution >= 0.6 is 0 Å². The SMILES string of the molecule is CCCCCCCCCCCCCCC[C@H]1[C@H](N)C(=O)N(C)N1C. The van der Waals surface area contributed by atoms with Crippen LogP contribution in [0.3, 0.4) is 0 Å². The molecule has 4 heteroatoms. The van der Waals surface area contributed by atoms with Crippen LogP contribution in [0.2, 0.25) is 0 Å². The van der Waals surface area contributed by atoms with Crippen molar-refractivity contribution in [3.8, 4) is 0 Å². The molecule has 0 aromatic carbocycles. The van der Waals surface area contributed by atoms with E-state index in [0.29, 0.717) is 0 Å². The van der Waals surface area contributed by atoms with Gasteiger partial charge in [-0.2, -0.15) is 0 Å². The van der Waals surface area contributed by atoms with E-state index >= 15 is 0 Å². The Hall–Kier alpha value is -0.610. The molecular formula is C20H41N3O. The van der Waals surface area contributed by atoms with Crippen LogP contribution in [0, 0.1) is 0 Å². The minimum Gasteiger partial charge on any atom is -0.318 e. The summed E-state index contributed by atoms with van der Waals surface area (Å²) in [4.78, 5) is 11.8. The number of carbonyl (C=O) groups excluding carboxylic acids is 1. The van der Waals surface area contributed by atoms with Gasteiger partial charge >= 0.3 is 0 Å². The van der Waals surface area contributed by atoms with Crippen LogP contribution in [0.25, 0.3) is 0 Å². The quantitative estimate of drug-likeness (QED) is 0.475. The van der Waals surface area contributed by atoms with Crippen molar-refractivity contribution in [2.24, 2.45) is 5.73 Å². The van der Waals surface area contributed by atoms with Gasteiger partial charge in [-0.05, 0) is 6.42 Å². The van der Waals surface area contributed by atoms with Crippen molar-refractivity contribution in [2.45, 2.75) is 109 Å². The Morgan fingerprint density at radius 2 is 1.21 bits per heavy atom. The van der Waals surface area contributed by atoms with E-state index in [9.17, 15) is 4.79 Å². The molecule has 0 spiro atoms. The highest BCUT2D eigenvalue weighted by molar-refractivity contribution is 5.83. The molecule has 0 aliphatic carbocycles. The van der Waals surface area contributed by atoms with E-state index in [0.717, 1.165) is 6.42 Å². The molecule has 1 amide bonds. The van der Waals surface area contributed by atoms with Gasteiger partial charge in [0.05, 0.1) is 6.04 Å². The van der Waals surface area contributed by atoms with Gasteiger partial charge in [0.1, 0.15) is 6.04 Å². The zero-order valence-corrected chi connectivity index (χ0v) is 16.4. The van der Waals surface area contributed by atoms with Crippen LogP contribution in [-0.2, 0) is 4.79 Å². The third kappa shape index (κ3) is 7.52. The molecule has 0 bridgehead atoms. The zero-order valence-electron chi connectivity index (χ0n) is 16.4. The number of unbranched alkanes of at least 4 members (excludes halogenated alkanes) is 12. The number of nitrogens with zero attached hydrogens (tertiary/aromatic N) is 2. The monoisotopic (exact) mass is 339 g/mol. The number of hydrogen-bond acceptors (Lipinski definition) is 3. The largest absolute Gasteiger partial charge is 0.318 e. The van der Waals surface area contributed by atoms with Crippen molar-refractivity contribution in [3.63, 3.8) is 0 Å². The Bertz CT molecular complexity index is 335. The van der Waals surface area contributed by atoms with E-state index in [1.54, 1.807) is 5.01 Å². The summed E-state index contributed by atoms with van der Waals surface area (Å²) in [7, 11) is 3.78. The Labute approximate surface area is 150 Å². The minimum absolute atomic E-state index is 0.0530. The van der Waals surface area contributed by atoms with Gasteiger partial charge in [0, 0.05) is 14.1 Å². The van der Waals surface area contributed by atoms with Gasteiger partial charge in [0.25, 0.3) is 5.91 Å². The fourth-order valence-electron chi connectivity index (χ4n) is 3.73. The second-order valence-corrected chi connectivity index (χ2v) is 7.56. The van der Waals surface area contributed by atoms with E-state index in [1.165, 1.54) is 83.5 Å². The molecule has 1 aliphatic heterocycles. The lowest BCUT2D eigenvalue weighted by molar-refractivity contribution is -0.135. The third-order valence-electron chi connectivity index (χ3n) is 5.58. The van der Waals surface area contributed by atoms with Gasteiger partial charge in [-0.25, -0.2) is 5.01 Å². The van der Waals surface area contributed by atoms with Crippen molar-refractivity contribution in [2.75, 3.05) is 14.1 Å². The molecule has 0 saturated carbocycles. The van der Waals surface area contributed by atoms with Crippen molar-refractivity contribution in [1.82, 2.24) is 10.0 Å². The van der Waals surface area contributed by atoms with Crippen LogP contribution in [0.5, 0.6) is 0 Å². The molecular weight excluding hydrogens is 298 g/mol. The zero-order chi connectivity index (χ0) is 17.8. The maximum atomic E-state index is 11.8. The first-order valence-corrected chi connectivity index (χ1v) is 10.4. The number of amides is 1. The summed E-state index contributed by atoms with van der Waals surface area (Å²) >= 11 is 0. The first-order chi connectivity index (χ1) is 11.6. The summed E-state index contributed by atoms with van der Waals surface area (Å²) in [6.45, 7) is 2.28. The van der Waals surface area contributed by atoms with Gasteiger partial charge in [0.2, 0.25) is 0 Å². The normalized spacial score (nSPS) is 21.8. The van der Waals surface area contributed by atoms with Gasteiger partial charge in [0.15, 0.2) is 0 Å². The maximum Gasteiger partial charge on any atom is 0.255 e. The summed E-state index contributed by atoms with van der Waals surface area (Å²) < 4.78 is 0. The van der Waals surface area contributed by atoms with Crippen LogP contribution < -0.4 is 5.73 Å². The summed E-state index contributed by atoms with van der Waals surface area (Å²) in [6, 6.07) is -0.146. The van der Waals surface area contributed by atoms with Crippen molar-refractivity contribution >= 4 is 5.91 Å². The molecule has 142 valence electrons. The summed E-state index contributed by atoms with van der Waals surface area (Å²) in [5.41, 5.74) is 6.02. The predicted molar refractivity (Wildman–Crippen MR) is 103 cm³/mol. The Morgan fingerprint density at radius 3 is 1.58 bits per heavy atom.